The third-order valence-electron chi connectivity index (χ3n) is 11.6. The van der Waals surface area contributed by atoms with Crippen LogP contribution in [0.3, 0.4) is 0 Å². The van der Waals surface area contributed by atoms with Crippen LogP contribution in [0.15, 0.2) is 0 Å². The van der Waals surface area contributed by atoms with Crippen LogP contribution >= 0.6 is 0 Å². The molecule has 2 heterocycles. The van der Waals surface area contributed by atoms with E-state index in [1.165, 1.54) is 38.5 Å². The first-order valence-electron chi connectivity index (χ1n) is 16.6. The first-order chi connectivity index (χ1) is 19.8. The quantitative estimate of drug-likeness (QED) is 0.118. The Bertz CT molecular complexity index is 945. The molecule has 0 amide bonds. The van der Waals surface area contributed by atoms with Crippen molar-refractivity contribution in [3.63, 3.8) is 0 Å². The molecule has 0 spiro atoms. The summed E-state index contributed by atoms with van der Waals surface area (Å²) in [5.74, 6) is 2.73. The minimum Gasteiger partial charge on any atom is -0.468 e. The van der Waals surface area contributed by atoms with Gasteiger partial charge in [0, 0.05) is 13.0 Å². The largest absolute Gasteiger partial charge is 2.00 e. The molecule has 0 N–H and O–H groups in total. The fraction of sp³-hybridized carbons (Fsp3) is 0.882. The average Bonchev–Trinajstić information content (AvgIpc) is 3.87. The number of hydrogen-bond donors (Lipinski definition) is 0. The van der Waals surface area contributed by atoms with Gasteiger partial charge in [0.2, 0.25) is 0 Å². The Balaban J connectivity index is 0.000000212. The molecule has 2 saturated heterocycles. The SMILES string of the molecule is [CH2-]C12CCC(C1)[C@H]1CC(C)(COCCCOC(=O)C3CCC4OC4C3)CCC12.[CH2-]CCOC(=O)C1CCC2OC2C1.[U+2]. The summed E-state index contributed by atoms with van der Waals surface area (Å²) >= 11 is 0. The number of carbonyl (C=O) groups excluding carboxylic acids is 2. The van der Waals surface area contributed by atoms with E-state index in [2.05, 4.69) is 20.8 Å². The third-order valence-corrected chi connectivity index (χ3v) is 11.6. The van der Waals surface area contributed by atoms with Crippen LogP contribution in [0.4, 0.5) is 0 Å². The van der Waals surface area contributed by atoms with Gasteiger partial charge in [-0.2, -0.15) is 5.41 Å². The zero-order valence-corrected chi connectivity index (χ0v) is 29.9. The fourth-order valence-corrected chi connectivity index (χ4v) is 9.12. The van der Waals surface area contributed by atoms with Gasteiger partial charge in [0.15, 0.2) is 0 Å². The molecule has 2 bridgehead atoms. The Morgan fingerprint density at radius 1 is 0.810 bits per heavy atom. The van der Waals surface area contributed by atoms with E-state index in [9.17, 15) is 9.59 Å². The standard InChI is InChI=1S/C24H37O4.C10H15O3.U/c1-23(8-7-19-18(14-23)17-6-9-24(19,2)13-17)15-26-10-3-11-27-22(25)16-4-5-20-21(12-16)28-20;1-2-5-12-10(11)7-3-4-8-9(6-7)13-8;/h16-21H,2-15H2,1H3;7-9H,1-6H2;/q2*-1;+2/t16?,17?,18-,19?,20?,21?,23?,24?;;/m1../s1. The summed E-state index contributed by atoms with van der Waals surface area (Å²) in [6, 6.07) is 0. The van der Waals surface area contributed by atoms with Gasteiger partial charge in [0.25, 0.3) is 0 Å². The fourth-order valence-electron chi connectivity index (χ4n) is 9.12. The van der Waals surface area contributed by atoms with Gasteiger partial charge >= 0.3 is 43.1 Å². The molecule has 2 aliphatic heterocycles. The first kappa shape index (κ1) is 33.2. The van der Waals surface area contributed by atoms with E-state index < -0.39 is 0 Å². The average molecular weight is 811 g/mol. The Morgan fingerprint density at radius 2 is 1.45 bits per heavy atom. The number of hydrogen-bond acceptors (Lipinski definition) is 7. The van der Waals surface area contributed by atoms with Gasteiger partial charge in [-0.05, 0) is 68.6 Å². The van der Waals surface area contributed by atoms with Gasteiger partial charge in [0.1, 0.15) is 0 Å². The van der Waals surface area contributed by atoms with Gasteiger partial charge in [-0.15, -0.1) is 6.42 Å². The molecule has 0 aromatic carbocycles. The van der Waals surface area contributed by atoms with Gasteiger partial charge in [-0.25, -0.2) is 0 Å². The number of ether oxygens (including phenoxy) is 5. The van der Waals surface area contributed by atoms with E-state index in [0.717, 1.165) is 69.3 Å². The third kappa shape index (κ3) is 7.80. The van der Waals surface area contributed by atoms with Crippen molar-refractivity contribution in [3.8, 4) is 0 Å². The predicted octanol–water partition coefficient (Wildman–Crippen LogP) is 5.88. The van der Waals surface area contributed by atoms with E-state index in [1.54, 1.807) is 0 Å². The monoisotopic (exact) mass is 810 g/mol. The van der Waals surface area contributed by atoms with Crippen LogP contribution in [0.2, 0.25) is 0 Å². The van der Waals surface area contributed by atoms with E-state index in [1.807, 2.05) is 0 Å². The molecule has 10 unspecified atom stereocenters. The Kier molecular flexibility index (Phi) is 11.2. The number of rotatable bonds is 10. The van der Waals surface area contributed by atoms with Crippen molar-refractivity contribution in [2.24, 2.45) is 40.4 Å². The molecule has 0 radical (unpaired) electrons. The molecule has 8 heteroatoms. The summed E-state index contributed by atoms with van der Waals surface area (Å²) in [5.41, 5.74) is 0.730. The zero-order valence-electron chi connectivity index (χ0n) is 25.7. The minimum atomic E-state index is -0.0578. The van der Waals surface area contributed by atoms with Crippen molar-refractivity contribution in [3.05, 3.63) is 13.8 Å². The normalized spacial score (nSPS) is 43.8. The van der Waals surface area contributed by atoms with Crippen molar-refractivity contribution < 1.29 is 64.4 Å². The van der Waals surface area contributed by atoms with Crippen molar-refractivity contribution in [2.45, 2.75) is 121 Å². The number of esters is 2. The minimum absolute atomic E-state index is 0. The van der Waals surface area contributed by atoms with Crippen LogP contribution in [-0.4, -0.2) is 62.8 Å². The summed E-state index contributed by atoms with van der Waals surface area (Å²) in [6.07, 6.45) is 16.7. The number of fused-ring (bicyclic) bond motifs is 7. The van der Waals surface area contributed by atoms with Crippen LogP contribution in [0.5, 0.6) is 0 Å². The summed E-state index contributed by atoms with van der Waals surface area (Å²) in [6.45, 7) is 13.2. The van der Waals surface area contributed by atoms with Crippen molar-refractivity contribution in [1.82, 2.24) is 0 Å². The molecular formula is C34H52O7U. The topological polar surface area (TPSA) is 86.9 Å². The Morgan fingerprint density at radius 3 is 2.07 bits per heavy atom. The molecule has 42 heavy (non-hydrogen) atoms. The molecule has 7 rings (SSSR count). The maximum absolute atomic E-state index is 12.2. The van der Waals surface area contributed by atoms with Gasteiger partial charge < -0.3 is 37.5 Å². The number of carbonyl (C=O) groups is 2. The van der Waals surface area contributed by atoms with Crippen molar-refractivity contribution in [1.29, 1.82) is 0 Å². The van der Waals surface area contributed by atoms with Crippen LogP contribution in [-0.2, 0) is 33.3 Å². The molecular weight excluding hydrogens is 758 g/mol. The molecule has 0 aromatic rings. The molecule has 7 fully saturated rings. The van der Waals surface area contributed by atoms with Gasteiger partial charge in [-0.1, -0.05) is 38.5 Å². The summed E-state index contributed by atoms with van der Waals surface area (Å²) in [4.78, 5) is 23.6. The van der Waals surface area contributed by atoms with Crippen LogP contribution < -0.4 is 0 Å². The zero-order chi connectivity index (χ0) is 28.6. The van der Waals surface area contributed by atoms with E-state index in [0.29, 0.717) is 61.5 Å². The summed E-state index contributed by atoms with van der Waals surface area (Å²) in [7, 11) is 0. The maximum Gasteiger partial charge on any atom is 2.00 e. The van der Waals surface area contributed by atoms with Crippen LogP contribution in [0, 0.1) is 85.4 Å². The molecule has 5 aliphatic carbocycles. The molecule has 7 nitrogen and oxygen atoms in total. The van der Waals surface area contributed by atoms with Crippen molar-refractivity contribution >= 4 is 11.9 Å². The molecule has 5 saturated carbocycles. The van der Waals surface area contributed by atoms with Crippen molar-refractivity contribution in [2.75, 3.05) is 26.4 Å². The molecule has 234 valence electrons. The predicted molar refractivity (Wildman–Crippen MR) is 153 cm³/mol. The molecule has 0 aromatic heterocycles. The maximum atomic E-state index is 12.2. The smallest absolute Gasteiger partial charge is 0.468 e. The number of epoxide rings is 2. The van der Waals surface area contributed by atoms with Gasteiger partial charge in [-0.3, -0.25) is 9.59 Å². The van der Waals surface area contributed by atoms with E-state index >= 15 is 0 Å². The Hall–Kier alpha value is -0.128. The molecule has 7 aliphatic rings. The summed E-state index contributed by atoms with van der Waals surface area (Å²) < 4.78 is 27.4. The second kappa shape index (κ2) is 14.1. The second-order valence-electron chi connectivity index (χ2n) is 14.7. The summed E-state index contributed by atoms with van der Waals surface area (Å²) in [5, 5.41) is 0. The first-order valence-corrected chi connectivity index (χ1v) is 16.6. The molecule has 11 atom stereocenters. The second-order valence-corrected chi connectivity index (χ2v) is 14.7. The van der Waals surface area contributed by atoms with E-state index in [4.69, 9.17) is 23.7 Å². The Labute approximate surface area is 277 Å². The van der Waals surface area contributed by atoms with Crippen LogP contribution in [0.1, 0.15) is 96.8 Å². The van der Waals surface area contributed by atoms with Gasteiger partial charge in [0.05, 0.1) is 56.1 Å². The van der Waals surface area contributed by atoms with E-state index in [-0.39, 0.29) is 54.9 Å². The van der Waals surface area contributed by atoms with Crippen LogP contribution in [0.25, 0.3) is 0 Å².